The number of pyridine rings is 1. The molecule has 4 rings (SSSR count). The summed E-state index contributed by atoms with van der Waals surface area (Å²) in [5, 5.41) is 11.2. The summed E-state index contributed by atoms with van der Waals surface area (Å²) in [5.74, 6) is -1.00. The summed E-state index contributed by atoms with van der Waals surface area (Å²) < 4.78 is 6.06. The van der Waals surface area contributed by atoms with Crippen LogP contribution < -0.4 is 5.73 Å². The number of fused-ring (bicyclic) bond motifs is 3. The number of thiophene rings is 1. The molecule has 1 atom stereocenters. The lowest BCUT2D eigenvalue weighted by molar-refractivity contribution is -0.160. The highest BCUT2D eigenvalue weighted by atomic mass is 32.1. The first kappa shape index (κ1) is 20.8. The number of benzene rings is 1. The van der Waals surface area contributed by atoms with Gasteiger partial charge in [-0.25, -0.2) is 9.78 Å². The smallest absolute Gasteiger partial charge is 0.337 e. The Morgan fingerprint density at radius 3 is 2.50 bits per heavy atom. The van der Waals surface area contributed by atoms with Crippen LogP contribution in [0.4, 0.5) is 5.69 Å². The van der Waals surface area contributed by atoms with Crippen LogP contribution >= 0.6 is 11.3 Å². The first-order valence-corrected chi connectivity index (χ1v) is 11.2. The number of carbonyl (C=O) groups is 1. The van der Waals surface area contributed by atoms with Crippen molar-refractivity contribution in [1.82, 2.24) is 4.98 Å². The van der Waals surface area contributed by atoms with E-state index in [0.29, 0.717) is 16.9 Å². The summed E-state index contributed by atoms with van der Waals surface area (Å²) in [4.78, 5) is 19.6. The number of nitrogens with zero attached hydrogens (tertiary/aromatic N) is 1. The number of ether oxygens (including phenoxy) is 1. The molecule has 30 heavy (non-hydrogen) atoms. The van der Waals surface area contributed by atoms with Gasteiger partial charge in [0.1, 0.15) is 4.83 Å². The van der Waals surface area contributed by atoms with Crippen molar-refractivity contribution < 1.29 is 14.6 Å². The van der Waals surface area contributed by atoms with E-state index in [0.717, 1.165) is 40.6 Å². The fraction of sp³-hybridized carbons (Fsp3) is 0.417. The lowest BCUT2D eigenvalue weighted by atomic mass is 9.88. The SMILES string of the molecule is Cc1nc2sc3c(c2c(-c2ccc(N)cc2)c1C(OC(C)(C)C)C(=O)O)CCCC3. The number of aryl methyl sites for hydroxylation is 3. The van der Waals surface area contributed by atoms with Crippen LogP contribution in [-0.2, 0) is 22.4 Å². The lowest BCUT2D eigenvalue weighted by Gasteiger charge is -2.28. The highest BCUT2D eigenvalue weighted by molar-refractivity contribution is 7.19. The van der Waals surface area contributed by atoms with E-state index >= 15 is 0 Å². The summed E-state index contributed by atoms with van der Waals surface area (Å²) in [6, 6.07) is 7.66. The molecule has 2 aromatic heterocycles. The van der Waals surface area contributed by atoms with Gasteiger partial charge in [0, 0.05) is 32.8 Å². The standard InChI is InChI=1S/C24H28N2O3S/c1-13-18(21(23(27)28)29-24(2,3)4)19(14-9-11-15(25)12-10-14)20-16-7-5-6-8-17(16)30-22(20)26-13/h9-12,21H,5-8,25H2,1-4H3,(H,27,28). The second-order valence-corrected chi connectivity index (χ2v) is 10.0. The first-order valence-electron chi connectivity index (χ1n) is 10.4. The van der Waals surface area contributed by atoms with Crippen LogP contribution in [0.25, 0.3) is 21.3 Å². The zero-order chi connectivity index (χ0) is 21.6. The number of carboxylic acid groups (broad SMARTS) is 1. The van der Waals surface area contributed by atoms with Gasteiger partial charge in [-0.3, -0.25) is 0 Å². The van der Waals surface area contributed by atoms with E-state index in [1.165, 1.54) is 16.9 Å². The van der Waals surface area contributed by atoms with Gasteiger partial charge in [-0.15, -0.1) is 11.3 Å². The normalized spacial score (nSPS) is 15.2. The van der Waals surface area contributed by atoms with Crippen LogP contribution in [0.5, 0.6) is 0 Å². The molecule has 0 bridgehead atoms. The predicted molar refractivity (Wildman–Crippen MR) is 122 cm³/mol. The number of anilines is 1. The molecule has 6 heteroatoms. The summed E-state index contributed by atoms with van der Waals surface area (Å²) in [6.45, 7) is 7.51. The Hall–Kier alpha value is -2.44. The van der Waals surface area contributed by atoms with E-state index in [-0.39, 0.29) is 0 Å². The molecule has 1 aromatic carbocycles. The molecule has 0 amide bonds. The van der Waals surface area contributed by atoms with Crippen molar-refractivity contribution in [2.45, 2.75) is 65.1 Å². The number of carboxylic acids is 1. The molecule has 0 saturated carbocycles. The quantitative estimate of drug-likeness (QED) is 0.527. The minimum absolute atomic E-state index is 0.614. The molecule has 1 unspecified atom stereocenters. The maximum Gasteiger partial charge on any atom is 0.337 e. The van der Waals surface area contributed by atoms with Crippen molar-refractivity contribution in [1.29, 1.82) is 0 Å². The fourth-order valence-corrected chi connectivity index (χ4v) is 5.59. The van der Waals surface area contributed by atoms with Crippen LogP contribution in [-0.4, -0.2) is 21.7 Å². The number of aliphatic carboxylic acids is 1. The van der Waals surface area contributed by atoms with Crippen molar-refractivity contribution >= 4 is 33.2 Å². The van der Waals surface area contributed by atoms with Crippen molar-refractivity contribution in [3.8, 4) is 11.1 Å². The lowest BCUT2D eigenvalue weighted by Crippen LogP contribution is -2.28. The number of rotatable bonds is 4. The van der Waals surface area contributed by atoms with Gasteiger partial charge in [-0.05, 0) is 76.6 Å². The largest absolute Gasteiger partial charge is 0.479 e. The molecule has 1 aliphatic rings. The zero-order valence-corrected chi connectivity index (χ0v) is 18.7. The summed E-state index contributed by atoms with van der Waals surface area (Å²) in [5.41, 5.74) is 10.5. The Labute approximate surface area is 180 Å². The Morgan fingerprint density at radius 2 is 1.87 bits per heavy atom. The second-order valence-electron chi connectivity index (χ2n) is 8.95. The number of aromatic nitrogens is 1. The van der Waals surface area contributed by atoms with E-state index < -0.39 is 17.7 Å². The van der Waals surface area contributed by atoms with E-state index in [2.05, 4.69) is 0 Å². The molecule has 3 N–H and O–H groups in total. The highest BCUT2D eigenvalue weighted by Crippen LogP contribution is 2.45. The number of nitrogens with two attached hydrogens (primary N) is 1. The number of hydrogen-bond acceptors (Lipinski definition) is 5. The molecule has 0 spiro atoms. The van der Waals surface area contributed by atoms with Crippen molar-refractivity contribution in [2.24, 2.45) is 0 Å². The molecule has 3 aromatic rings. The molecule has 0 saturated heterocycles. The van der Waals surface area contributed by atoms with Gasteiger partial charge >= 0.3 is 5.97 Å². The van der Waals surface area contributed by atoms with Crippen molar-refractivity contribution in [3.05, 3.63) is 46.0 Å². The van der Waals surface area contributed by atoms with E-state index in [4.69, 9.17) is 15.5 Å². The van der Waals surface area contributed by atoms with E-state index in [9.17, 15) is 9.90 Å². The topological polar surface area (TPSA) is 85.4 Å². The average molecular weight is 425 g/mol. The Morgan fingerprint density at radius 1 is 1.20 bits per heavy atom. The van der Waals surface area contributed by atoms with E-state index in [1.54, 1.807) is 11.3 Å². The van der Waals surface area contributed by atoms with Crippen LogP contribution in [0.2, 0.25) is 0 Å². The van der Waals surface area contributed by atoms with E-state index in [1.807, 2.05) is 52.0 Å². The predicted octanol–water partition coefficient (Wildman–Crippen LogP) is 5.67. The molecule has 2 heterocycles. The Bertz CT molecular complexity index is 1110. The minimum Gasteiger partial charge on any atom is -0.479 e. The summed E-state index contributed by atoms with van der Waals surface area (Å²) >= 11 is 1.74. The third-order valence-electron chi connectivity index (χ3n) is 5.49. The molecule has 5 nitrogen and oxygen atoms in total. The maximum absolute atomic E-state index is 12.4. The molecular formula is C24H28N2O3S. The number of nitrogen functional groups attached to an aromatic ring is 1. The van der Waals surface area contributed by atoms with Crippen molar-refractivity contribution in [3.63, 3.8) is 0 Å². The number of hydrogen-bond donors (Lipinski definition) is 2. The molecule has 0 fully saturated rings. The zero-order valence-electron chi connectivity index (χ0n) is 17.9. The Kier molecular flexibility index (Phi) is 5.32. The maximum atomic E-state index is 12.4. The van der Waals surface area contributed by atoms with Crippen LogP contribution in [0.1, 0.15) is 61.4 Å². The third kappa shape index (κ3) is 3.82. The monoisotopic (exact) mass is 424 g/mol. The van der Waals surface area contributed by atoms with Gasteiger partial charge in [0.25, 0.3) is 0 Å². The van der Waals surface area contributed by atoms with Crippen LogP contribution in [0.3, 0.4) is 0 Å². The van der Waals surface area contributed by atoms with Gasteiger partial charge in [0.15, 0.2) is 6.10 Å². The molecule has 0 radical (unpaired) electrons. The van der Waals surface area contributed by atoms with Gasteiger partial charge in [-0.2, -0.15) is 0 Å². The molecular weight excluding hydrogens is 396 g/mol. The Balaban J connectivity index is 2.08. The third-order valence-corrected chi connectivity index (χ3v) is 6.67. The summed E-state index contributed by atoms with van der Waals surface area (Å²) in [7, 11) is 0. The molecule has 0 aliphatic heterocycles. The average Bonchev–Trinajstić information content (AvgIpc) is 3.03. The minimum atomic E-state index is -1.10. The van der Waals surface area contributed by atoms with Crippen LogP contribution in [0.15, 0.2) is 24.3 Å². The fourth-order valence-electron chi connectivity index (χ4n) is 4.27. The second kappa shape index (κ2) is 7.67. The van der Waals surface area contributed by atoms with Gasteiger partial charge in [0.2, 0.25) is 0 Å². The molecule has 1 aliphatic carbocycles. The van der Waals surface area contributed by atoms with Crippen LogP contribution in [0, 0.1) is 6.92 Å². The van der Waals surface area contributed by atoms with Gasteiger partial charge in [-0.1, -0.05) is 12.1 Å². The van der Waals surface area contributed by atoms with Gasteiger partial charge < -0.3 is 15.6 Å². The molecule has 158 valence electrons. The first-order chi connectivity index (χ1) is 14.2. The summed E-state index contributed by atoms with van der Waals surface area (Å²) in [6.07, 6.45) is 3.29. The van der Waals surface area contributed by atoms with Gasteiger partial charge in [0.05, 0.1) is 5.60 Å². The highest BCUT2D eigenvalue weighted by Gasteiger charge is 2.33. The van der Waals surface area contributed by atoms with Crippen molar-refractivity contribution in [2.75, 3.05) is 5.73 Å².